The van der Waals surface area contributed by atoms with Crippen LogP contribution in [0.5, 0.6) is 0 Å². The van der Waals surface area contributed by atoms with Gasteiger partial charge in [0.05, 0.1) is 6.54 Å². The van der Waals surface area contributed by atoms with Crippen molar-refractivity contribution in [2.75, 3.05) is 19.6 Å². The molecule has 0 N–H and O–H groups in total. The summed E-state index contributed by atoms with van der Waals surface area (Å²) in [6.45, 7) is 2.67. The Morgan fingerprint density at radius 1 is 0.826 bits per heavy atom. The Labute approximate surface area is 136 Å². The van der Waals surface area contributed by atoms with Crippen molar-refractivity contribution in [3.63, 3.8) is 0 Å². The number of rotatable bonds is 3. The van der Waals surface area contributed by atoms with E-state index in [2.05, 4.69) is 53.4 Å². The molecule has 0 spiro atoms. The lowest BCUT2D eigenvalue weighted by molar-refractivity contribution is 0.0916. The van der Waals surface area contributed by atoms with Gasteiger partial charge in [-0.15, -0.1) is 0 Å². The summed E-state index contributed by atoms with van der Waals surface area (Å²) < 4.78 is 0. The van der Waals surface area contributed by atoms with Crippen LogP contribution >= 0.6 is 0 Å². The predicted molar refractivity (Wildman–Crippen MR) is 96.1 cm³/mol. The van der Waals surface area contributed by atoms with Gasteiger partial charge in [0.15, 0.2) is 5.78 Å². The van der Waals surface area contributed by atoms with E-state index in [1.807, 2.05) is 6.07 Å². The molecule has 2 nitrogen and oxygen atoms in total. The van der Waals surface area contributed by atoms with Crippen molar-refractivity contribution in [1.82, 2.24) is 4.90 Å². The largest absolute Gasteiger partial charge is 0.296 e. The number of piperidine rings is 1. The molecule has 4 rings (SSSR count). The maximum atomic E-state index is 12.7. The van der Waals surface area contributed by atoms with E-state index in [4.69, 9.17) is 0 Å². The summed E-state index contributed by atoms with van der Waals surface area (Å²) in [5.41, 5.74) is 0.833. The first-order chi connectivity index (χ1) is 11.3. The van der Waals surface area contributed by atoms with Crippen molar-refractivity contribution in [1.29, 1.82) is 0 Å². The van der Waals surface area contributed by atoms with Crippen LogP contribution in [0.1, 0.15) is 29.6 Å². The normalized spacial score (nSPS) is 16.0. The quantitative estimate of drug-likeness (QED) is 0.518. The van der Waals surface area contributed by atoms with Crippen LogP contribution in [0.4, 0.5) is 0 Å². The van der Waals surface area contributed by atoms with Gasteiger partial charge in [-0.25, -0.2) is 0 Å². The van der Waals surface area contributed by atoms with Gasteiger partial charge in [-0.3, -0.25) is 9.69 Å². The third-order valence-electron chi connectivity index (χ3n) is 4.88. The molecule has 1 heterocycles. The molecule has 116 valence electrons. The number of hydrogen-bond acceptors (Lipinski definition) is 2. The molecular weight excluding hydrogens is 282 g/mol. The molecule has 1 fully saturated rings. The highest BCUT2D eigenvalue weighted by atomic mass is 16.1. The summed E-state index contributed by atoms with van der Waals surface area (Å²) in [6, 6.07) is 18.8. The van der Waals surface area contributed by atoms with Crippen LogP contribution in [0.2, 0.25) is 0 Å². The average molecular weight is 303 g/mol. The molecule has 0 bridgehead atoms. The SMILES string of the molecule is O=C(CN1CCCCC1)c1ccc2ccc3ccccc3c2c1. The van der Waals surface area contributed by atoms with Crippen molar-refractivity contribution in [3.8, 4) is 0 Å². The van der Waals surface area contributed by atoms with E-state index in [1.54, 1.807) is 0 Å². The molecule has 1 aliphatic rings. The smallest absolute Gasteiger partial charge is 0.176 e. The van der Waals surface area contributed by atoms with Crippen molar-refractivity contribution in [2.24, 2.45) is 0 Å². The van der Waals surface area contributed by atoms with Crippen LogP contribution in [0.3, 0.4) is 0 Å². The van der Waals surface area contributed by atoms with Gasteiger partial charge in [0, 0.05) is 5.56 Å². The summed E-state index contributed by atoms with van der Waals surface area (Å²) in [5.74, 6) is 0.238. The minimum absolute atomic E-state index is 0.238. The molecule has 3 aromatic rings. The van der Waals surface area contributed by atoms with Crippen LogP contribution in [-0.4, -0.2) is 30.3 Å². The van der Waals surface area contributed by atoms with E-state index >= 15 is 0 Å². The number of carbonyl (C=O) groups is 1. The molecule has 1 saturated heterocycles. The average Bonchev–Trinajstić information content (AvgIpc) is 2.62. The van der Waals surface area contributed by atoms with Gasteiger partial charge < -0.3 is 0 Å². The van der Waals surface area contributed by atoms with Crippen LogP contribution in [-0.2, 0) is 0 Å². The molecule has 0 unspecified atom stereocenters. The predicted octanol–water partition coefficient (Wildman–Crippen LogP) is 4.66. The molecule has 0 saturated carbocycles. The second-order valence-electron chi connectivity index (χ2n) is 6.48. The Kier molecular flexibility index (Phi) is 3.84. The maximum absolute atomic E-state index is 12.7. The first-order valence-electron chi connectivity index (χ1n) is 8.48. The van der Waals surface area contributed by atoms with E-state index in [-0.39, 0.29) is 5.78 Å². The van der Waals surface area contributed by atoms with Gasteiger partial charge in [0.1, 0.15) is 0 Å². The summed E-state index contributed by atoms with van der Waals surface area (Å²) in [6.07, 6.45) is 3.73. The van der Waals surface area contributed by atoms with Crippen LogP contribution in [0.25, 0.3) is 21.5 Å². The molecule has 0 aliphatic carbocycles. The fourth-order valence-corrected chi connectivity index (χ4v) is 3.59. The highest BCUT2D eigenvalue weighted by Gasteiger charge is 2.15. The highest BCUT2D eigenvalue weighted by molar-refractivity contribution is 6.10. The Morgan fingerprint density at radius 3 is 2.35 bits per heavy atom. The van der Waals surface area contributed by atoms with Crippen molar-refractivity contribution < 1.29 is 4.79 Å². The standard InChI is InChI=1S/C21H21NO/c23-21(15-22-12-4-1-5-13-22)18-11-10-17-9-8-16-6-2-3-7-19(16)20(17)14-18/h2-3,6-11,14H,1,4-5,12-13,15H2. The monoisotopic (exact) mass is 303 g/mol. The first kappa shape index (κ1) is 14.4. The Morgan fingerprint density at radius 2 is 1.52 bits per heavy atom. The number of likely N-dealkylation sites (tertiary alicyclic amines) is 1. The Bertz CT molecular complexity index is 862. The van der Waals surface area contributed by atoms with E-state index < -0.39 is 0 Å². The van der Waals surface area contributed by atoms with Gasteiger partial charge in [-0.1, -0.05) is 55.0 Å². The number of benzene rings is 3. The molecule has 0 amide bonds. The second-order valence-corrected chi connectivity index (χ2v) is 6.48. The van der Waals surface area contributed by atoms with Crippen LogP contribution in [0, 0.1) is 0 Å². The molecular formula is C21H21NO. The van der Waals surface area contributed by atoms with Crippen LogP contribution in [0.15, 0.2) is 54.6 Å². The number of hydrogen-bond donors (Lipinski definition) is 0. The van der Waals surface area contributed by atoms with E-state index in [9.17, 15) is 4.79 Å². The zero-order valence-corrected chi connectivity index (χ0v) is 13.3. The Hall–Kier alpha value is -2.19. The first-order valence-corrected chi connectivity index (χ1v) is 8.48. The van der Waals surface area contributed by atoms with Gasteiger partial charge in [-0.2, -0.15) is 0 Å². The highest BCUT2D eigenvalue weighted by Crippen LogP contribution is 2.26. The minimum atomic E-state index is 0.238. The number of fused-ring (bicyclic) bond motifs is 3. The van der Waals surface area contributed by atoms with Crippen molar-refractivity contribution in [3.05, 3.63) is 60.2 Å². The fourth-order valence-electron chi connectivity index (χ4n) is 3.59. The van der Waals surface area contributed by atoms with Crippen LogP contribution < -0.4 is 0 Å². The van der Waals surface area contributed by atoms with E-state index in [0.29, 0.717) is 6.54 Å². The van der Waals surface area contributed by atoms with Gasteiger partial charge in [0.25, 0.3) is 0 Å². The maximum Gasteiger partial charge on any atom is 0.176 e. The summed E-state index contributed by atoms with van der Waals surface area (Å²) in [7, 11) is 0. The summed E-state index contributed by atoms with van der Waals surface area (Å²) >= 11 is 0. The Balaban J connectivity index is 1.69. The second kappa shape index (κ2) is 6.13. The zero-order chi connectivity index (χ0) is 15.6. The van der Waals surface area contributed by atoms with Crippen molar-refractivity contribution >= 4 is 27.3 Å². The third kappa shape index (κ3) is 2.87. The minimum Gasteiger partial charge on any atom is -0.296 e. The molecule has 1 aliphatic heterocycles. The lowest BCUT2D eigenvalue weighted by Crippen LogP contribution is -2.34. The van der Waals surface area contributed by atoms with Gasteiger partial charge >= 0.3 is 0 Å². The van der Waals surface area contributed by atoms with Gasteiger partial charge in [0.2, 0.25) is 0 Å². The van der Waals surface area contributed by atoms with Crippen molar-refractivity contribution in [2.45, 2.75) is 19.3 Å². The molecule has 2 heteroatoms. The summed E-state index contributed by atoms with van der Waals surface area (Å²) in [5, 5.41) is 4.81. The molecule has 0 atom stereocenters. The third-order valence-corrected chi connectivity index (χ3v) is 4.88. The number of ketones is 1. The molecule has 23 heavy (non-hydrogen) atoms. The van der Waals surface area contributed by atoms with Gasteiger partial charge in [-0.05, 0) is 53.5 Å². The molecule has 3 aromatic carbocycles. The molecule has 0 aromatic heterocycles. The van der Waals surface area contributed by atoms with E-state index in [0.717, 1.165) is 18.7 Å². The number of carbonyl (C=O) groups excluding carboxylic acids is 1. The molecule has 0 radical (unpaired) electrons. The topological polar surface area (TPSA) is 20.3 Å². The summed E-state index contributed by atoms with van der Waals surface area (Å²) in [4.78, 5) is 14.9. The number of nitrogens with zero attached hydrogens (tertiary/aromatic N) is 1. The van der Waals surface area contributed by atoms with E-state index in [1.165, 1.54) is 40.8 Å². The zero-order valence-electron chi connectivity index (χ0n) is 13.3. The lowest BCUT2D eigenvalue weighted by Gasteiger charge is -2.25. The number of Topliss-reactive ketones (excluding diaryl/α,β-unsaturated/α-hetero) is 1. The fraction of sp³-hybridized carbons (Fsp3) is 0.286. The lowest BCUT2D eigenvalue weighted by atomic mass is 9.98.